The lowest BCUT2D eigenvalue weighted by Gasteiger charge is -2.32. The first-order chi connectivity index (χ1) is 9.06. The van der Waals surface area contributed by atoms with Crippen LogP contribution in [-0.4, -0.2) is 30.0 Å². The fourth-order valence-electron chi connectivity index (χ4n) is 2.28. The quantitative estimate of drug-likeness (QED) is 0.812. The van der Waals surface area contributed by atoms with Crippen LogP contribution in [0.15, 0.2) is 23.7 Å². The van der Waals surface area contributed by atoms with Crippen molar-refractivity contribution in [3.63, 3.8) is 0 Å². The molecule has 2 N–H and O–H groups in total. The first-order valence-corrected chi connectivity index (χ1v) is 6.91. The molecule has 2 aliphatic rings. The van der Waals surface area contributed by atoms with Gasteiger partial charge < -0.3 is 15.1 Å². The molecule has 2 aliphatic heterocycles. The van der Waals surface area contributed by atoms with E-state index < -0.39 is 0 Å². The molecule has 0 bridgehead atoms. The number of likely N-dealkylation sites (tertiary alicyclic amines) is 1. The molecule has 0 atom stereocenters. The van der Waals surface area contributed by atoms with Crippen LogP contribution in [0.25, 0.3) is 0 Å². The number of rotatable bonds is 3. The van der Waals surface area contributed by atoms with Crippen molar-refractivity contribution in [3.8, 4) is 0 Å². The van der Waals surface area contributed by atoms with Gasteiger partial charge in [0.25, 0.3) is 0 Å². The number of carbonyl (C=O) groups is 1. The second-order valence-corrected chi connectivity index (χ2v) is 5.40. The fraction of sp³-hybridized carbons (Fsp3) is 0.643. The zero-order valence-electron chi connectivity index (χ0n) is 11.9. The largest absolute Gasteiger partial charge is 0.475 e. The second-order valence-electron chi connectivity index (χ2n) is 5.40. The first-order valence-electron chi connectivity index (χ1n) is 6.91. The number of hydrazine groups is 1. The molecule has 0 unspecified atom stereocenters. The summed E-state index contributed by atoms with van der Waals surface area (Å²) >= 11 is 0. The molecule has 0 aromatic carbocycles. The molecule has 19 heavy (non-hydrogen) atoms. The zero-order valence-corrected chi connectivity index (χ0v) is 11.9. The Labute approximate surface area is 114 Å². The maximum Gasteiger partial charge on any atom is 0.219 e. The highest BCUT2D eigenvalue weighted by Gasteiger charge is 2.23. The standard InChI is InChI=1S/C14H23N3O2/c1-10(2)12-8-14(16-15-9-12)19-13-4-6-17(7-5-13)11(3)18/h8-10,13,15-16H,4-7H2,1-3H3. The highest BCUT2D eigenvalue weighted by atomic mass is 16.5. The Bertz CT molecular complexity index is 393. The third-order valence-electron chi connectivity index (χ3n) is 3.58. The molecule has 1 amide bonds. The zero-order chi connectivity index (χ0) is 13.8. The van der Waals surface area contributed by atoms with Gasteiger partial charge in [0.1, 0.15) is 6.10 Å². The Kier molecular flexibility index (Phi) is 4.35. The maximum atomic E-state index is 11.3. The van der Waals surface area contributed by atoms with Crippen molar-refractivity contribution in [1.29, 1.82) is 0 Å². The summed E-state index contributed by atoms with van der Waals surface area (Å²) in [6, 6.07) is 0. The van der Waals surface area contributed by atoms with Gasteiger partial charge >= 0.3 is 0 Å². The Balaban J connectivity index is 1.86. The van der Waals surface area contributed by atoms with Crippen molar-refractivity contribution < 1.29 is 9.53 Å². The van der Waals surface area contributed by atoms with E-state index in [1.165, 1.54) is 5.57 Å². The van der Waals surface area contributed by atoms with E-state index in [9.17, 15) is 4.79 Å². The van der Waals surface area contributed by atoms with Gasteiger partial charge in [-0.2, -0.15) is 0 Å². The van der Waals surface area contributed by atoms with Crippen molar-refractivity contribution in [3.05, 3.63) is 23.7 Å². The normalized spacial score (nSPS) is 20.3. The predicted molar refractivity (Wildman–Crippen MR) is 73.6 cm³/mol. The number of carbonyl (C=O) groups excluding carboxylic acids is 1. The summed E-state index contributed by atoms with van der Waals surface area (Å²) < 4.78 is 5.95. The predicted octanol–water partition coefficient (Wildman–Crippen LogP) is 1.50. The van der Waals surface area contributed by atoms with Gasteiger partial charge in [-0.05, 0) is 11.5 Å². The van der Waals surface area contributed by atoms with E-state index in [2.05, 4.69) is 24.7 Å². The number of nitrogens with one attached hydrogen (secondary N) is 2. The van der Waals surface area contributed by atoms with Crippen LogP contribution >= 0.6 is 0 Å². The molecule has 1 saturated heterocycles. The molecule has 0 aliphatic carbocycles. The van der Waals surface area contributed by atoms with Crippen LogP contribution < -0.4 is 10.9 Å². The van der Waals surface area contributed by atoms with Gasteiger partial charge in [-0.15, -0.1) is 0 Å². The van der Waals surface area contributed by atoms with E-state index in [0.29, 0.717) is 5.92 Å². The average Bonchev–Trinajstić information content (AvgIpc) is 2.39. The van der Waals surface area contributed by atoms with Crippen molar-refractivity contribution in [2.75, 3.05) is 13.1 Å². The van der Waals surface area contributed by atoms with Crippen molar-refractivity contribution in [2.24, 2.45) is 5.92 Å². The molecule has 0 aromatic heterocycles. The summed E-state index contributed by atoms with van der Waals surface area (Å²) in [5.74, 6) is 1.39. The molecule has 0 saturated carbocycles. The molecule has 5 heteroatoms. The highest BCUT2D eigenvalue weighted by molar-refractivity contribution is 5.73. The molecule has 0 spiro atoms. The van der Waals surface area contributed by atoms with Crippen molar-refractivity contribution >= 4 is 5.91 Å². The van der Waals surface area contributed by atoms with Crippen LogP contribution in [0.2, 0.25) is 0 Å². The molecule has 0 aromatic rings. The van der Waals surface area contributed by atoms with Gasteiger partial charge in [0, 0.05) is 45.1 Å². The second kappa shape index (κ2) is 5.99. The molecule has 5 nitrogen and oxygen atoms in total. The summed E-state index contributed by atoms with van der Waals surface area (Å²) in [5, 5.41) is 0. The maximum absolute atomic E-state index is 11.3. The third kappa shape index (κ3) is 3.66. The number of nitrogens with zero attached hydrogens (tertiary/aromatic N) is 1. The average molecular weight is 265 g/mol. The molecule has 2 rings (SSSR count). The Hall–Kier alpha value is -1.65. The van der Waals surface area contributed by atoms with E-state index in [4.69, 9.17) is 4.74 Å². The lowest BCUT2D eigenvalue weighted by Crippen LogP contribution is -2.41. The van der Waals surface area contributed by atoms with Crippen LogP contribution in [0.5, 0.6) is 0 Å². The lowest BCUT2D eigenvalue weighted by atomic mass is 10.0. The van der Waals surface area contributed by atoms with Crippen LogP contribution in [0.1, 0.15) is 33.6 Å². The first kappa shape index (κ1) is 13.8. The summed E-state index contributed by atoms with van der Waals surface area (Å²) in [4.78, 5) is 13.1. The number of hydrogen-bond acceptors (Lipinski definition) is 4. The molecular weight excluding hydrogens is 242 g/mol. The summed E-state index contributed by atoms with van der Waals surface area (Å²) in [7, 11) is 0. The summed E-state index contributed by atoms with van der Waals surface area (Å²) in [6.45, 7) is 7.49. The topological polar surface area (TPSA) is 53.6 Å². The molecule has 0 radical (unpaired) electrons. The smallest absolute Gasteiger partial charge is 0.219 e. The minimum Gasteiger partial charge on any atom is -0.475 e. The van der Waals surface area contributed by atoms with Crippen LogP contribution in [-0.2, 0) is 9.53 Å². The van der Waals surface area contributed by atoms with E-state index >= 15 is 0 Å². The van der Waals surface area contributed by atoms with E-state index in [-0.39, 0.29) is 12.0 Å². The summed E-state index contributed by atoms with van der Waals surface area (Å²) in [5.41, 5.74) is 7.25. The number of amides is 1. The number of ether oxygens (including phenoxy) is 1. The number of piperidine rings is 1. The fourth-order valence-corrected chi connectivity index (χ4v) is 2.28. The van der Waals surface area contributed by atoms with Gasteiger partial charge in [-0.25, -0.2) is 0 Å². The molecule has 1 fully saturated rings. The van der Waals surface area contributed by atoms with Crippen LogP contribution in [0, 0.1) is 5.92 Å². The van der Waals surface area contributed by atoms with E-state index in [1.54, 1.807) is 6.92 Å². The number of hydrogen-bond donors (Lipinski definition) is 2. The Morgan fingerprint density at radius 3 is 2.68 bits per heavy atom. The third-order valence-corrected chi connectivity index (χ3v) is 3.58. The van der Waals surface area contributed by atoms with Gasteiger partial charge in [-0.3, -0.25) is 10.2 Å². The van der Waals surface area contributed by atoms with Crippen molar-refractivity contribution in [2.45, 2.75) is 39.7 Å². The van der Waals surface area contributed by atoms with E-state index in [1.807, 2.05) is 17.2 Å². The monoisotopic (exact) mass is 265 g/mol. The molecule has 106 valence electrons. The SMILES string of the molecule is CC(=O)N1CCC(OC2=CC(C(C)C)=CNN2)CC1. The summed E-state index contributed by atoms with van der Waals surface area (Å²) in [6.07, 6.45) is 5.95. The van der Waals surface area contributed by atoms with Gasteiger partial charge in [-0.1, -0.05) is 13.8 Å². The van der Waals surface area contributed by atoms with Crippen molar-refractivity contribution in [1.82, 2.24) is 15.8 Å². The Morgan fingerprint density at radius 1 is 1.42 bits per heavy atom. The van der Waals surface area contributed by atoms with E-state index in [0.717, 1.165) is 31.8 Å². The van der Waals surface area contributed by atoms with Crippen LogP contribution in [0.4, 0.5) is 0 Å². The Morgan fingerprint density at radius 2 is 2.11 bits per heavy atom. The lowest BCUT2D eigenvalue weighted by molar-refractivity contribution is -0.131. The van der Waals surface area contributed by atoms with Crippen LogP contribution in [0.3, 0.4) is 0 Å². The van der Waals surface area contributed by atoms with Gasteiger partial charge in [0.15, 0.2) is 0 Å². The minimum absolute atomic E-state index is 0.153. The van der Waals surface area contributed by atoms with Gasteiger partial charge in [0.2, 0.25) is 11.8 Å². The molecule has 2 heterocycles. The number of allylic oxidation sites excluding steroid dienone is 2. The molecular formula is C14H23N3O2. The highest BCUT2D eigenvalue weighted by Crippen LogP contribution is 2.19. The minimum atomic E-state index is 0.153. The van der Waals surface area contributed by atoms with Gasteiger partial charge in [0.05, 0.1) is 0 Å².